The van der Waals surface area contributed by atoms with Crippen molar-refractivity contribution in [2.45, 2.75) is 0 Å². The molecule has 0 heterocycles. The molecule has 3 nitrogen and oxygen atoms in total. The summed E-state index contributed by atoms with van der Waals surface area (Å²) in [5.74, 6) is 0. The van der Waals surface area contributed by atoms with Gasteiger partial charge in [0.05, 0.1) is 6.21 Å². The second-order valence-corrected chi connectivity index (χ2v) is 4.91. The Morgan fingerprint density at radius 1 is 1.00 bits per heavy atom. The van der Waals surface area contributed by atoms with Crippen molar-refractivity contribution in [1.82, 2.24) is 5.43 Å². The lowest BCUT2D eigenvalue weighted by molar-refractivity contribution is 1.04. The molecule has 0 saturated heterocycles. The van der Waals surface area contributed by atoms with Crippen LogP contribution in [-0.4, -0.2) is 11.3 Å². The first-order valence-corrected chi connectivity index (χ1v) is 6.65. The van der Waals surface area contributed by atoms with E-state index in [1.807, 2.05) is 24.3 Å². The molecule has 0 atom stereocenters. The van der Waals surface area contributed by atoms with Gasteiger partial charge in [0.25, 0.3) is 0 Å². The maximum Gasteiger partial charge on any atom is 0.184 e. The minimum Gasteiger partial charge on any atom is -0.375 e. The Morgan fingerprint density at radius 3 is 2.10 bits per heavy atom. The van der Waals surface area contributed by atoms with Crippen molar-refractivity contribution >= 4 is 45.1 Å². The van der Waals surface area contributed by atoms with Gasteiger partial charge in [0, 0.05) is 5.56 Å². The molecule has 0 aliphatic heterocycles. The number of fused-ring (bicyclic) bond motifs is 2. The Morgan fingerprint density at radius 2 is 1.55 bits per heavy atom. The van der Waals surface area contributed by atoms with Gasteiger partial charge in [0.1, 0.15) is 0 Å². The monoisotopic (exact) mass is 279 g/mol. The van der Waals surface area contributed by atoms with Crippen LogP contribution in [0.5, 0.6) is 0 Å². The predicted molar refractivity (Wildman–Crippen MR) is 89.0 cm³/mol. The molecule has 4 heteroatoms. The summed E-state index contributed by atoms with van der Waals surface area (Å²) in [5.41, 5.74) is 9.05. The minimum absolute atomic E-state index is 0.158. The number of nitrogens with two attached hydrogens (primary N) is 1. The number of hydrogen-bond acceptors (Lipinski definition) is 2. The molecule has 0 spiro atoms. The van der Waals surface area contributed by atoms with Crippen LogP contribution in [0.3, 0.4) is 0 Å². The van der Waals surface area contributed by atoms with E-state index in [4.69, 9.17) is 18.0 Å². The van der Waals surface area contributed by atoms with Crippen molar-refractivity contribution in [3.63, 3.8) is 0 Å². The number of nitrogens with one attached hydrogen (secondary N) is 1. The SMILES string of the molecule is NC(=S)N/N=C/c1c2ccccc2cc2ccccc12. The number of hydrogen-bond donors (Lipinski definition) is 2. The summed E-state index contributed by atoms with van der Waals surface area (Å²) in [5, 5.41) is 8.93. The van der Waals surface area contributed by atoms with Crippen LogP contribution in [-0.2, 0) is 0 Å². The summed E-state index contributed by atoms with van der Waals surface area (Å²) in [6, 6.07) is 18.7. The Hall–Kier alpha value is -2.46. The summed E-state index contributed by atoms with van der Waals surface area (Å²) in [4.78, 5) is 0. The molecule has 3 rings (SSSR count). The lowest BCUT2D eigenvalue weighted by Crippen LogP contribution is -2.24. The zero-order chi connectivity index (χ0) is 13.9. The summed E-state index contributed by atoms with van der Waals surface area (Å²) in [6.07, 6.45) is 1.77. The first-order chi connectivity index (χ1) is 9.75. The van der Waals surface area contributed by atoms with Crippen molar-refractivity contribution < 1.29 is 0 Å². The van der Waals surface area contributed by atoms with Crippen LogP contribution in [0.4, 0.5) is 0 Å². The molecular formula is C16H13N3S. The lowest BCUT2D eigenvalue weighted by atomic mass is 9.97. The molecule has 0 saturated carbocycles. The second kappa shape index (κ2) is 5.27. The van der Waals surface area contributed by atoms with Crippen molar-refractivity contribution in [3.05, 3.63) is 60.2 Å². The minimum atomic E-state index is 0.158. The van der Waals surface area contributed by atoms with Crippen LogP contribution in [0.1, 0.15) is 5.56 Å². The maximum atomic E-state index is 5.39. The van der Waals surface area contributed by atoms with Crippen LogP contribution < -0.4 is 11.2 Å². The molecule has 20 heavy (non-hydrogen) atoms. The van der Waals surface area contributed by atoms with E-state index in [-0.39, 0.29) is 5.11 Å². The molecule has 0 amide bonds. The zero-order valence-corrected chi connectivity index (χ0v) is 11.5. The van der Waals surface area contributed by atoms with E-state index in [1.165, 1.54) is 10.8 Å². The van der Waals surface area contributed by atoms with Crippen LogP contribution in [0, 0.1) is 0 Å². The van der Waals surface area contributed by atoms with Crippen molar-refractivity contribution in [1.29, 1.82) is 0 Å². The largest absolute Gasteiger partial charge is 0.375 e. The Kier molecular flexibility index (Phi) is 3.31. The van der Waals surface area contributed by atoms with E-state index < -0.39 is 0 Å². The third-order valence-electron chi connectivity index (χ3n) is 3.18. The lowest BCUT2D eigenvalue weighted by Gasteiger charge is -2.07. The van der Waals surface area contributed by atoms with Gasteiger partial charge in [-0.25, -0.2) is 0 Å². The normalized spacial score (nSPS) is 11.2. The van der Waals surface area contributed by atoms with E-state index >= 15 is 0 Å². The highest BCUT2D eigenvalue weighted by Crippen LogP contribution is 2.27. The summed E-state index contributed by atoms with van der Waals surface area (Å²) < 4.78 is 0. The predicted octanol–water partition coefficient (Wildman–Crippen LogP) is 3.16. The molecular weight excluding hydrogens is 266 g/mol. The number of benzene rings is 3. The van der Waals surface area contributed by atoms with Crippen LogP contribution >= 0.6 is 12.2 Å². The fraction of sp³-hybridized carbons (Fsp3) is 0. The van der Waals surface area contributed by atoms with Gasteiger partial charge in [-0.3, -0.25) is 5.43 Å². The van der Waals surface area contributed by atoms with E-state index in [0.29, 0.717) is 0 Å². The van der Waals surface area contributed by atoms with E-state index in [9.17, 15) is 0 Å². The number of rotatable bonds is 2. The zero-order valence-electron chi connectivity index (χ0n) is 10.7. The fourth-order valence-electron chi connectivity index (χ4n) is 2.35. The first kappa shape index (κ1) is 12.6. The molecule has 0 fully saturated rings. The van der Waals surface area contributed by atoms with Gasteiger partial charge in [-0.1, -0.05) is 48.5 Å². The first-order valence-electron chi connectivity index (χ1n) is 6.25. The summed E-state index contributed by atoms with van der Waals surface area (Å²) in [6.45, 7) is 0. The third kappa shape index (κ3) is 2.33. The van der Waals surface area contributed by atoms with Crippen molar-refractivity contribution in [2.75, 3.05) is 0 Å². The van der Waals surface area contributed by atoms with Crippen LogP contribution in [0.25, 0.3) is 21.5 Å². The highest BCUT2D eigenvalue weighted by Gasteiger charge is 2.04. The topological polar surface area (TPSA) is 50.4 Å². The summed E-state index contributed by atoms with van der Waals surface area (Å²) in [7, 11) is 0. The smallest absolute Gasteiger partial charge is 0.184 e. The number of nitrogens with zero attached hydrogens (tertiary/aromatic N) is 1. The molecule has 98 valence electrons. The van der Waals surface area contributed by atoms with Crippen molar-refractivity contribution in [2.24, 2.45) is 10.8 Å². The van der Waals surface area contributed by atoms with Gasteiger partial charge in [-0.2, -0.15) is 5.10 Å². The average molecular weight is 279 g/mol. The van der Waals surface area contributed by atoms with Crippen LogP contribution in [0.2, 0.25) is 0 Å². The van der Waals surface area contributed by atoms with Crippen molar-refractivity contribution in [3.8, 4) is 0 Å². The molecule has 0 aliphatic rings. The molecule has 0 aromatic heterocycles. The van der Waals surface area contributed by atoms with Gasteiger partial charge < -0.3 is 5.73 Å². The number of thiocarbonyl (C=S) groups is 1. The number of hydrazone groups is 1. The molecule has 0 radical (unpaired) electrons. The Bertz CT molecular complexity index is 770. The fourth-order valence-corrected chi connectivity index (χ4v) is 2.40. The summed E-state index contributed by atoms with van der Waals surface area (Å²) >= 11 is 4.76. The average Bonchev–Trinajstić information content (AvgIpc) is 2.46. The Labute approximate surface area is 122 Å². The molecule has 3 N–H and O–H groups in total. The molecule has 3 aromatic carbocycles. The van der Waals surface area contributed by atoms with E-state index in [2.05, 4.69) is 40.9 Å². The van der Waals surface area contributed by atoms with E-state index in [0.717, 1.165) is 16.3 Å². The highest BCUT2D eigenvalue weighted by molar-refractivity contribution is 7.80. The molecule has 0 unspecified atom stereocenters. The quantitative estimate of drug-likeness (QED) is 0.328. The van der Waals surface area contributed by atoms with Crippen LogP contribution in [0.15, 0.2) is 59.7 Å². The molecule has 0 aliphatic carbocycles. The standard InChI is InChI=1S/C16H13N3S/c17-16(20)19-18-10-15-13-7-3-1-5-11(13)9-12-6-2-4-8-14(12)15/h1-10H,(H3,17,19,20)/b18-10+. The second-order valence-electron chi connectivity index (χ2n) is 4.47. The van der Waals surface area contributed by atoms with Gasteiger partial charge in [0.2, 0.25) is 0 Å². The van der Waals surface area contributed by atoms with E-state index in [1.54, 1.807) is 6.21 Å². The maximum absolute atomic E-state index is 5.39. The highest BCUT2D eigenvalue weighted by atomic mass is 32.1. The van der Waals surface area contributed by atoms with Gasteiger partial charge in [-0.05, 0) is 39.8 Å². The Balaban J connectivity index is 2.27. The molecule has 0 bridgehead atoms. The van der Waals surface area contributed by atoms with Gasteiger partial charge in [-0.15, -0.1) is 0 Å². The molecule has 3 aromatic rings. The third-order valence-corrected chi connectivity index (χ3v) is 3.27. The van der Waals surface area contributed by atoms with Gasteiger partial charge >= 0.3 is 0 Å². The van der Waals surface area contributed by atoms with Gasteiger partial charge in [0.15, 0.2) is 5.11 Å².